The molecule has 0 bridgehead atoms. The van der Waals surface area contributed by atoms with Gasteiger partial charge in [-0.15, -0.1) is 11.3 Å². The number of hydrogen-bond donors (Lipinski definition) is 1. The summed E-state index contributed by atoms with van der Waals surface area (Å²) in [6.45, 7) is 7.21. The summed E-state index contributed by atoms with van der Waals surface area (Å²) >= 11 is 1.28. The number of aromatic nitrogens is 2. The van der Waals surface area contributed by atoms with E-state index in [4.69, 9.17) is 4.74 Å². The Morgan fingerprint density at radius 1 is 1.36 bits per heavy atom. The number of hydrogen-bond acceptors (Lipinski definition) is 5. The molecule has 1 amide bonds. The van der Waals surface area contributed by atoms with Crippen LogP contribution in [-0.2, 0) is 11.8 Å². The van der Waals surface area contributed by atoms with Crippen LogP contribution in [0.4, 0.5) is 5.00 Å². The first-order valence-corrected chi connectivity index (χ1v) is 7.68. The van der Waals surface area contributed by atoms with Crippen LogP contribution in [-0.4, -0.2) is 27.3 Å². The third-order valence-corrected chi connectivity index (χ3v) is 3.58. The molecule has 0 aromatic carbocycles. The average molecular weight is 321 g/mol. The van der Waals surface area contributed by atoms with Crippen molar-refractivity contribution in [3.8, 4) is 0 Å². The van der Waals surface area contributed by atoms with Crippen LogP contribution in [0.25, 0.3) is 0 Å². The van der Waals surface area contributed by atoms with E-state index in [1.165, 1.54) is 16.0 Å². The fraction of sp³-hybridized carbons (Fsp3) is 0.400. The van der Waals surface area contributed by atoms with Crippen LogP contribution in [0.1, 0.15) is 47.3 Å². The fourth-order valence-corrected chi connectivity index (χ4v) is 2.66. The maximum Gasteiger partial charge on any atom is 0.341 e. The van der Waals surface area contributed by atoms with Crippen LogP contribution in [0.15, 0.2) is 17.5 Å². The van der Waals surface area contributed by atoms with Gasteiger partial charge in [-0.05, 0) is 45.2 Å². The Morgan fingerprint density at radius 3 is 2.59 bits per heavy atom. The Balaban J connectivity index is 2.18. The third-order valence-electron chi connectivity index (χ3n) is 2.75. The molecule has 0 saturated heterocycles. The molecular weight excluding hydrogens is 302 g/mol. The summed E-state index contributed by atoms with van der Waals surface area (Å²) in [6.07, 6.45) is 0. The molecule has 6 nitrogen and oxygen atoms in total. The van der Waals surface area contributed by atoms with Crippen molar-refractivity contribution < 1.29 is 14.3 Å². The topological polar surface area (TPSA) is 73.2 Å². The summed E-state index contributed by atoms with van der Waals surface area (Å²) in [7, 11) is 1.70. The first-order valence-electron chi connectivity index (χ1n) is 6.80. The molecular formula is C15H19N3O3S. The summed E-state index contributed by atoms with van der Waals surface area (Å²) in [5.74, 6) is -0.763. The highest BCUT2D eigenvalue weighted by molar-refractivity contribution is 7.14. The van der Waals surface area contributed by atoms with E-state index < -0.39 is 11.6 Å². The molecule has 2 aromatic rings. The lowest BCUT2D eigenvalue weighted by molar-refractivity contribution is 0.00713. The second-order valence-corrected chi connectivity index (χ2v) is 6.83. The van der Waals surface area contributed by atoms with E-state index in [1.807, 2.05) is 6.92 Å². The van der Waals surface area contributed by atoms with Gasteiger partial charge in [0, 0.05) is 7.05 Å². The van der Waals surface area contributed by atoms with Gasteiger partial charge in [0.1, 0.15) is 16.3 Å². The summed E-state index contributed by atoms with van der Waals surface area (Å²) in [6, 6.07) is 3.33. The van der Waals surface area contributed by atoms with Crippen molar-refractivity contribution in [3.63, 3.8) is 0 Å². The molecule has 0 saturated carbocycles. The van der Waals surface area contributed by atoms with Gasteiger partial charge in [0.2, 0.25) is 0 Å². The number of amides is 1. The Kier molecular flexibility index (Phi) is 4.37. The zero-order valence-corrected chi connectivity index (χ0v) is 14.1. The van der Waals surface area contributed by atoms with Crippen LogP contribution >= 0.6 is 11.3 Å². The van der Waals surface area contributed by atoms with E-state index in [0.717, 1.165) is 5.69 Å². The normalized spacial score (nSPS) is 11.3. The van der Waals surface area contributed by atoms with Crippen LogP contribution in [0.5, 0.6) is 0 Å². The minimum absolute atomic E-state index is 0.310. The predicted octanol–water partition coefficient (Wildman–Crippen LogP) is 3.00. The first-order chi connectivity index (χ1) is 10.2. The zero-order valence-electron chi connectivity index (χ0n) is 13.3. The summed E-state index contributed by atoms with van der Waals surface area (Å²) in [5, 5.41) is 9.09. The molecule has 0 atom stereocenters. The van der Waals surface area contributed by atoms with Gasteiger partial charge >= 0.3 is 5.97 Å². The quantitative estimate of drug-likeness (QED) is 0.882. The van der Waals surface area contributed by atoms with Gasteiger partial charge in [-0.1, -0.05) is 0 Å². The molecule has 0 fully saturated rings. The Morgan fingerprint density at radius 2 is 2.05 bits per heavy atom. The number of esters is 1. The van der Waals surface area contributed by atoms with Crippen molar-refractivity contribution in [1.29, 1.82) is 0 Å². The molecule has 7 heteroatoms. The van der Waals surface area contributed by atoms with E-state index >= 15 is 0 Å². The summed E-state index contributed by atoms with van der Waals surface area (Å²) in [4.78, 5) is 24.4. The van der Waals surface area contributed by atoms with Gasteiger partial charge < -0.3 is 10.1 Å². The van der Waals surface area contributed by atoms with Crippen molar-refractivity contribution in [2.24, 2.45) is 7.05 Å². The van der Waals surface area contributed by atoms with Gasteiger partial charge in [0.15, 0.2) is 0 Å². The molecule has 22 heavy (non-hydrogen) atoms. The van der Waals surface area contributed by atoms with Crippen molar-refractivity contribution in [2.45, 2.75) is 33.3 Å². The van der Waals surface area contributed by atoms with Gasteiger partial charge in [-0.25, -0.2) is 4.79 Å². The van der Waals surface area contributed by atoms with E-state index in [-0.39, 0.29) is 5.91 Å². The maximum absolute atomic E-state index is 12.3. The highest BCUT2D eigenvalue weighted by atomic mass is 32.1. The summed E-state index contributed by atoms with van der Waals surface area (Å²) < 4.78 is 6.84. The molecule has 0 spiro atoms. The highest BCUT2D eigenvalue weighted by Crippen LogP contribution is 2.26. The van der Waals surface area contributed by atoms with Crippen LogP contribution < -0.4 is 5.32 Å². The van der Waals surface area contributed by atoms with Gasteiger partial charge in [0.05, 0.1) is 11.3 Å². The second-order valence-electron chi connectivity index (χ2n) is 5.91. The van der Waals surface area contributed by atoms with Crippen LogP contribution in [0.2, 0.25) is 0 Å². The Bertz CT molecular complexity index is 710. The third kappa shape index (κ3) is 3.73. The molecule has 0 unspecified atom stereocenters. The molecule has 1 N–H and O–H groups in total. The molecule has 2 aromatic heterocycles. The van der Waals surface area contributed by atoms with E-state index in [9.17, 15) is 9.59 Å². The number of carbonyl (C=O) groups excluding carboxylic acids is 2. The van der Waals surface area contributed by atoms with Crippen molar-refractivity contribution >= 4 is 28.2 Å². The molecule has 118 valence electrons. The molecule has 0 radical (unpaired) electrons. The molecule has 2 heterocycles. The van der Waals surface area contributed by atoms with Crippen LogP contribution in [0, 0.1) is 6.92 Å². The Labute approximate surface area is 133 Å². The number of nitrogens with zero attached hydrogens (tertiary/aromatic N) is 2. The van der Waals surface area contributed by atoms with Crippen molar-refractivity contribution in [2.75, 3.05) is 5.32 Å². The number of anilines is 1. The molecule has 2 rings (SSSR count). The fourth-order valence-electron chi connectivity index (χ4n) is 1.89. The van der Waals surface area contributed by atoms with E-state index in [1.54, 1.807) is 45.3 Å². The lowest BCUT2D eigenvalue weighted by Gasteiger charge is -2.19. The molecule has 0 aliphatic rings. The SMILES string of the molecule is Cc1cc(C(=O)Nc2sccc2C(=O)OC(C)(C)C)n(C)n1. The second kappa shape index (κ2) is 5.92. The average Bonchev–Trinajstić information content (AvgIpc) is 2.93. The molecule has 0 aliphatic heterocycles. The van der Waals surface area contributed by atoms with Gasteiger partial charge in [0.25, 0.3) is 5.91 Å². The number of carbonyl (C=O) groups is 2. The van der Waals surface area contributed by atoms with E-state index in [2.05, 4.69) is 10.4 Å². The zero-order chi connectivity index (χ0) is 16.5. The monoisotopic (exact) mass is 321 g/mol. The highest BCUT2D eigenvalue weighted by Gasteiger charge is 2.23. The summed E-state index contributed by atoms with van der Waals surface area (Å²) in [5.41, 5.74) is 0.957. The first kappa shape index (κ1) is 16.2. The predicted molar refractivity (Wildman–Crippen MR) is 85.4 cm³/mol. The Hall–Kier alpha value is -2.15. The smallest absolute Gasteiger partial charge is 0.341 e. The number of rotatable bonds is 3. The van der Waals surface area contributed by atoms with Crippen molar-refractivity contribution in [1.82, 2.24) is 9.78 Å². The number of ether oxygens (including phenoxy) is 1. The van der Waals surface area contributed by atoms with Crippen LogP contribution in [0.3, 0.4) is 0 Å². The maximum atomic E-state index is 12.3. The van der Waals surface area contributed by atoms with Gasteiger partial charge in [-0.2, -0.15) is 5.10 Å². The lowest BCUT2D eigenvalue weighted by atomic mass is 10.2. The number of thiophene rings is 1. The minimum Gasteiger partial charge on any atom is -0.456 e. The van der Waals surface area contributed by atoms with Crippen molar-refractivity contribution in [3.05, 3.63) is 34.5 Å². The molecule has 0 aliphatic carbocycles. The standard InChI is InChI=1S/C15H19N3O3S/c1-9-8-11(18(5)17-9)12(19)16-13-10(6-7-22-13)14(20)21-15(2,3)4/h6-8H,1-5H3,(H,16,19). The number of nitrogens with one attached hydrogen (secondary N) is 1. The largest absolute Gasteiger partial charge is 0.456 e. The lowest BCUT2D eigenvalue weighted by Crippen LogP contribution is -2.24. The van der Waals surface area contributed by atoms with E-state index in [0.29, 0.717) is 16.3 Å². The number of aryl methyl sites for hydroxylation is 2. The minimum atomic E-state index is -0.584. The van der Waals surface area contributed by atoms with Gasteiger partial charge in [-0.3, -0.25) is 9.48 Å².